The second-order valence-corrected chi connectivity index (χ2v) is 15.6. The van der Waals surface area contributed by atoms with Crippen molar-refractivity contribution < 1.29 is 38.6 Å². The van der Waals surface area contributed by atoms with Gasteiger partial charge in [-0.05, 0) is 75.5 Å². The molecule has 5 aliphatic rings. The number of fused-ring (bicyclic) bond motifs is 3. The van der Waals surface area contributed by atoms with Crippen molar-refractivity contribution in [1.29, 1.82) is 0 Å². The summed E-state index contributed by atoms with van der Waals surface area (Å²) in [4.78, 5) is 83.6. The normalized spacial score (nSPS) is 34.9. The van der Waals surface area contributed by atoms with Gasteiger partial charge in [0.05, 0.1) is 12.0 Å². The first kappa shape index (κ1) is 40.5. The standard InChI is InChI=1S/C37H62N6O8/c1-5-10-28-34(47)42-32(25-11-8-6-7-9-12-25)36(49)40-27(19-38)33(46)41-31(22(3)44)35(48)39-20-30(45)51-29(21(2)37(50)43(28)4)18-26-17-23-13-15-24(26)16-14-23/h21-29,31-32,44H,5-20,38H2,1-4H3,(H,39,48)(H,40,49)(H,41,46)(H,42,47)/t21-,22?,23?,24?,26?,27+,28+,29-,31+,32+/m1/s1. The molecule has 1 saturated heterocycles. The van der Waals surface area contributed by atoms with Gasteiger partial charge in [0.2, 0.25) is 29.5 Å². The summed E-state index contributed by atoms with van der Waals surface area (Å²) in [6.07, 6.45) is 10.1. The molecule has 288 valence electrons. The molecule has 0 spiro atoms. The van der Waals surface area contributed by atoms with Gasteiger partial charge in [-0.3, -0.25) is 28.8 Å². The number of nitrogens with one attached hydrogen (secondary N) is 4. The predicted molar refractivity (Wildman–Crippen MR) is 189 cm³/mol. The highest BCUT2D eigenvalue weighted by Crippen LogP contribution is 2.47. The summed E-state index contributed by atoms with van der Waals surface area (Å²) < 4.78 is 5.98. The number of hydrogen-bond donors (Lipinski definition) is 6. The Hall–Kier alpha value is -3.26. The highest BCUT2D eigenvalue weighted by molar-refractivity contribution is 5.96. The van der Waals surface area contributed by atoms with E-state index < -0.39 is 78.4 Å². The van der Waals surface area contributed by atoms with Crippen LogP contribution in [0.2, 0.25) is 0 Å². The van der Waals surface area contributed by atoms with Crippen molar-refractivity contribution in [3.63, 3.8) is 0 Å². The molecule has 51 heavy (non-hydrogen) atoms. The Bertz CT molecular complexity index is 1230. The van der Waals surface area contributed by atoms with Gasteiger partial charge in [0.25, 0.3) is 0 Å². The number of nitrogens with zero attached hydrogens (tertiary/aromatic N) is 1. The van der Waals surface area contributed by atoms with E-state index in [2.05, 4.69) is 21.3 Å². The van der Waals surface area contributed by atoms with Crippen LogP contribution in [0.3, 0.4) is 0 Å². The summed E-state index contributed by atoms with van der Waals surface area (Å²) in [7, 11) is 1.58. The first-order valence-corrected chi connectivity index (χ1v) is 19.4. The van der Waals surface area contributed by atoms with Crippen LogP contribution in [-0.2, 0) is 33.5 Å². The van der Waals surface area contributed by atoms with Crippen LogP contribution in [0.4, 0.5) is 0 Å². The van der Waals surface area contributed by atoms with Crippen molar-refractivity contribution in [3.05, 3.63) is 0 Å². The van der Waals surface area contributed by atoms with Crippen LogP contribution in [0.25, 0.3) is 0 Å². The Kier molecular flexibility index (Phi) is 15.1. The van der Waals surface area contributed by atoms with E-state index in [4.69, 9.17) is 10.5 Å². The van der Waals surface area contributed by atoms with Crippen LogP contribution in [0, 0.1) is 29.6 Å². The highest BCUT2D eigenvalue weighted by Gasteiger charge is 2.42. The van der Waals surface area contributed by atoms with Gasteiger partial charge >= 0.3 is 5.97 Å². The first-order chi connectivity index (χ1) is 24.3. The van der Waals surface area contributed by atoms with E-state index in [0.29, 0.717) is 43.9 Å². The zero-order valence-corrected chi connectivity index (χ0v) is 31.0. The maximum atomic E-state index is 14.2. The molecule has 4 aliphatic carbocycles. The van der Waals surface area contributed by atoms with Crippen molar-refractivity contribution in [2.24, 2.45) is 35.3 Å². The largest absolute Gasteiger partial charge is 0.460 e. The quantitative estimate of drug-likeness (QED) is 0.165. The summed E-state index contributed by atoms with van der Waals surface area (Å²) in [6, 6.07) is -4.63. The maximum Gasteiger partial charge on any atom is 0.325 e. The molecule has 5 amide bonds. The molecule has 5 rings (SSSR count). The Morgan fingerprint density at radius 2 is 1.53 bits per heavy atom. The molecule has 1 heterocycles. The SMILES string of the molecule is CCC[C@H]1C(=O)N[C@@H](C2CCCCCC2)C(=O)N[C@@H](CN)C(=O)N[C@@H](C(C)O)C(=O)NCC(=O)O[C@H](CC2CC3CCC2CC3)[C@@H](C)C(=O)N1C. The van der Waals surface area contributed by atoms with E-state index in [1.54, 1.807) is 14.0 Å². The van der Waals surface area contributed by atoms with Crippen LogP contribution < -0.4 is 27.0 Å². The number of aliphatic hydroxyl groups is 1. The van der Waals surface area contributed by atoms with Crippen LogP contribution in [-0.4, -0.2) is 102 Å². The van der Waals surface area contributed by atoms with E-state index in [-0.39, 0.29) is 24.3 Å². The first-order valence-electron chi connectivity index (χ1n) is 19.4. The lowest BCUT2D eigenvalue weighted by molar-refractivity contribution is -0.159. The number of hydrogen-bond acceptors (Lipinski definition) is 9. The number of carbonyl (C=O) groups excluding carboxylic acids is 6. The fraction of sp³-hybridized carbons (Fsp3) is 0.838. The van der Waals surface area contributed by atoms with Crippen LogP contribution >= 0.6 is 0 Å². The molecule has 14 nitrogen and oxygen atoms in total. The lowest BCUT2D eigenvalue weighted by atomic mass is 9.63. The van der Waals surface area contributed by atoms with Crippen LogP contribution in [0.15, 0.2) is 0 Å². The Morgan fingerprint density at radius 3 is 2.10 bits per heavy atom. The van der Waals surface area contributed by atoms with Gasteiger partial charge in [-0.15, -0.1) is 0 Å². The van der Waals surface area contributed by atoms with Gasteiger partial charge in [0.15, 0.2) is 0 Å². The third-order valence-electron chi connectivity index (χ3n) is 11.9. The number of ether oxygens (including phenoxy) is 1. The van der Waals surface area contributed by atoms with Crippen molar-refractivity contribution in [1.82, 2.24) is 26.2 Å². The molecule has 1 aliphatic heterocycles. The number of amides is 5. The average molecular weight is 719 g/mol. The average Bonchev–Trinajstić information content (AvgIpc) is 3.41. The molecular formula is C37H62N6O8. The number of carbonyl (C=O) groups is 6. The summed E-state index contributed by atoms with van der Waals surface area (Å²) in [5, 5.41) is 21.0. The van der Waals surface area contributed by atoms with Gasteiger partial charge in [0, 0.05) is 13.6 Å². The number of likely N-dealkylation sites (N-methyl/N-ethyl adjacent to an activating group) is 1. The Morgan fingerprint density at radius 1 is 0.863 bits per heavy atom. The zero-order valence-electron chi connectivity index (χ0n) is 31.0. The lowest BCUT2D eigenvalue weighted by Gasteiger charge is -2.44. The summed E-state index contributed by atoms with van der Waals surface area (Å²) in [6.45, 7) is 4.08. The topological polar surface area (TPSA) is 209 Å². The van der Waals surface area contributed by atoms with Crippen molar-refractivity contribution >= 4 is 35.5 Å². The van der Waals surface area contributed by atoms with Crippen molar-refractivity contribution in [2.45, 2.75) is 147 Å². The Balaban J connectivity index is 1.68. The third-order valence-corrected chi connectivity index (χ3v) is 11.9. The molecule has 0 radical (unpaired) electrons. The minimum atomic E-state index is -1.46. The maximum absolute atomic E-state index is 14.2. The third kappa shape index (κ3) is 10.6. The number of aliphatic hydroxyl groups excluding tert-OH is 1. The summed E-state index contributed by atoms with van der Waals surface area (Å²) in [5.41, 5.74) is 5.92. The summed E-state index contributed by atoms with van der Waals surface area (Å²) >= 11 is 0. The number of esters is 1. The van der Waals surface area contributed by atoms with Gasteiger partial charge < -0.3 is 41.7 Å². The number of nitrogens with two attached hydrogens (primary N) is 1. The highest BCUT2D eigenvalue weighted by atomic mass is 16.5. The van der Waals surface area contributed by atoms with Crippen molar-refractivity contribution in [3.8, 4) is 0 Å². The van der Waals surface area contributed by atoms with E-state index in [1.807, 2.05) is 6.92 Å². The molecular weight excluding hydrogens is 656 g/mol. The van der Waals surface area contributed by atoms with E-state index in [0.717, 1.165) is 44.9 Å². The van der Waals surface area contributed by atoms with E-state index >= 15 is 0 Å². The molecule has 14 heteroatoms. The second-order valence-electron chi connectivity index (χ2n) is 15.6. The fourth-order valence-corrected chi connectivity index (χ4v) is 8.79. The summed E-state index contributed by atoms with van der Waals surface area (Å²) in [5.74, 6) is -3.41. The van der Waals surface area contributed by atoms with Gasteiger partial charge in [-0.1, -0.05) is 58.8 Å². The second kappa shape index (κ2) is 19.0. The minimum absolute atomic E-state index is 0.208. The van der Waals surface area contributed by atoms with Crippen LogP contribution in [0.5, 0.6) is 0 Å². The van der Waals surface area contributed by atoms with E-state index in [1.165, 1.54) is 24.7 Å². The van der Waals surface area contributed by atoms with Gasteiger partial charge in [-0.2, -0.15) is 0 Å². The molecule has 0 aromatic rings. The Labute approximate surface area is 302 Å². The smallest absolute Gasteiger partial charge is 0.325 e. The van der Waals surface area contributed by atoms with Crippen molar-refractivity contribution in [2.75, 3.05) is 20.1 Å². The molecule has 0 aromatic carbocycles. The zero-order chi connectivity index (χ0) is 37.2. The number of rotatable bonds is 7. The van der Waals surface area contributed by atoms with Crippen LogP contribution in [0.1, 0.15) is 111 Å². The molecule has 8 atom stereocenters. The molecule has 5 fully saturated rings. The lowest BCUT2D eigenvalue weighted by Crippen LogP contribution is -2.62. The monoisotopic (exact) mass is 718 g/mol. The molecule has 2 bridgehead atoms. The van der Waals surface area contributed by atoms with E-state index in [9.17, 15) is 33.9 Å². The molecule has 4 saturated carbocycles. The van der Waals surface area contributed by atoms with Gasteiger partial charge in [-0.25, -0.2) is 0 Å². The predicted octanol–water partition coefficient (Wildman–Crippen LogP) is 1.27. The fourth-order valence-electron chi connectivity index (χ4n) is 8.79. The molecule has 7 N–H and O–H groups in total. The number of cyclic esters (lactones) is 1. The molecule has 2 unspecified atom stereocenters. The minimum Gasteiger partial charge on any atom is -0.460 e. The molecule has 0 aromatic heterocycles. The van der Waals surface area contributed by atoms with Gasteiger partial charge in [0.1, 0.15) is 36.8 Å².